The van der Waals surface area contributed by atoms with Crippen LogP contribution in [0, 0.1) is 0 Å². The van der Waals surface area contributed by atoms with Crippen LogP contribution >= 0.6 is 11.6 Å². The Morgan fingerprint density at radius 2 is 2.25 bits per heavy atom. The quantitative estimate of drug-likeness (QED) is 0.897. The molecule has 1 aromatic rings. The van der Waals surface area contributed by atoms with E-state index in [0.717, 1.165) is 25.8 Å². The number of urea groups is 1. The van der Waals surface area contributed by atoms with Gasteiger partial charge in [0.1, 0.15) is 0 Å². The van der Waals surface area contributed by atoms with Gasteiger partial charge in [-0.2, -0.15) is 0 Å². The van der Waals surface area contributed by atoms with Crippen molar-refractivity contribution < 1.29 is 14.7 Å². The van der Waals surface area contributed by atoms with Crippen LogP contribution in [0.5, 0.6) is 0 Å². The number of rotatable bonds is 3. The van der Waals surface area contributed by atoms with E-state index in [1.165, 1.54) is 12.1 Å². The Hall–Kier alpha value is -1.75. The summed E-state index contributed by atoms with van der Waals surface area (Å²) in [5, 5.41) is 11.8. The maximum atomic E-state index is 12.2. The van der Waals surface area contributed by atoms with E-state index in [-0.39, 0.29) is 22.7 Å². The highest BCUT2D eigenvalue weighted by Crippen LogP contribution is 2.24. The fraction of sp³-hybridized carbons (Fsp3) is 0.429. The third-order valence-electron chi connectivity index (χ3n) is 3.56. The number of aromatic carboxylic acids is 1. The van der Waals surface area contributed by atoms with Crippen molar-refractivity contribution in [3.05, 3.63) is 28.8 Å². The Bertz CT molecular complexity index is 533. The molecule has 1 saturated heterocycles. The van der Waals surface area contributed by atoms with Crippen molar-refractivity contribution in [2.24, 2.45) is 0 Å². The molecular formula is C14H17ClN2O3. The number of anilines is 1. The van der Waals surface area contributed by atoms with Crippen LogP contribution in [-0.2, 0) is 0 Å². The molecule has 0 saturated carbocycles. The van der Waals surface area contributed by atoms with Gasteiger partial charge in [-0.3, -0.25) is 0 Å². The fourth-order valence-corrected chi connectivity index (χ4v) is 2.75. The molecule has 0 aromatic heterocycles. The molecule has 0 spiro atoms. The predicted octanol–water partition coefficient (Wildman–Crippen LogP) is 3.44. The highest BCUT2D eigenvalue weighted by atomic mass is 35.5. The fourth-order valence-electron chi connectivity index (χ4n) is 2.49. The Balaban J connectivity index is 2.08. The Morgan fingerprint density at radius 3 is 2.85 bits per heavy atom. The monoisotopic (exact) mass is 296 g/mol. The van der Waals surface area contributed by atoms with Crippen LogP contribution in [0.1, 0.15) is 36.5 Å². The van der Waals surface area contributed by atoms with Crippen molar-refractivity contribution in [2.45, 2.75) is 32.2 Å². The lowest BCUT2D eigenvalue weighted by Crippen LogP contribution is -2.38. The molecule has 1 aliphatic heterocycles. The lowest BCUT2D eigenvalue weighted by atomic mass is 10.2. The van der Waals surface area contributed by atoms with Crippen LogP contribution in [0.3, 0.4) is 0 Å². The van der Waals surface area contributed by atoms with Gasteiger partial charge in [0.2, 0.25) is 0 Å². The first-order valence-corrected chi connectivity index (χ1v) is 7.01. The van der Waals surface area contributed by atoms with Crippen molar-refractivity contribution in [1.82, 2.24) is 4.90 Å². The van der Waals surface area contributed by atoms with Gasteiger partial charge in [0.15, 0.2) is 0 Å². The summed E-state index contributed by atoms with van der Waals surface area (Å²) in [4.78, 5) is 24.9. The van der Waals surface area contributed by atoms with Crippen LogP contribution in [-0.4, -0.2) is 34.6 Å². The molecule has 0 radical (unpaired) electrons. The summed E-state index contributed by atoms with van der Waals surface area (Å²) >= 11 is 5.88. The number of nitrogens with one attached hydrogen (secondary N) is 1. The minimum absolute atomic E-state index is 0.0253. The smallest absolute Gasteiger partial charge is 0.337 e. The van der Waals surface area contributed by atoms with Gasteiger partial charge in [-0.1, -0.05) is 18.5 Å². The summed E-state index contributed by atoms with van der Waals surface area (Å²) in [6.07, 6.45) is 2.99. The van der Waals surface area contributed by atoms with E-state index in [1.54, 1.807) is 6.07 Å². The second-order valence-electron chi connectivity index (χ2n) is 4.83. The first-order chi connectivity index (χ1) is 9.52. The lowest BCUT2D eigenvalue weighted by molar-refractivity contribution is 0.0697. The first kappa shape index (κ1) is 14.7. The van der Waals surface area contributed by atoms with Crippen LogP contribution in [0.4, 0.5) is 10.5 Å². The van der Waals surface area contributed by atoms with Gasteiger partial charge in [0, 0.05) is 18.3 Å². The standard InChI is InChI=1S/C14H17ClN2O3/c1-2-10-4-3-7-17(10)14(20)16-9-5-6-11(13(18)19)12(15)8-9/h5-6,8,10H,2-4,7H2,1H3,(H,16,20)(H,18,19). The molecule has 0 bridgehead atoms. The molecule has 5 nitrogen and oxygen atoms in total. The molecule has 1 aromatic carbocycles. The van der Waals surface area contributed by atoms with Gasteiger partial charge in [0.25, 0.3) is 0 Å². The number of carboxylic acid groups (broad SMARTS) is 1. The largest absolute Gasteiger partial charge is 0.478 e. The lowest BCUT2D eigenvalue weighted by Gasteiger charge is -2.24. The van der Waals surface area contributed by atoms with E-state index in [9.17, 15) is 9.59 Å². The zero-order valence-corrected chi connectivity index (χ0v) is 12.0. The number of halogens is 1. The number of carbonyl (C=O) groups is 2. The van der Waals surface area contributed by atoms with Gasteiger partial charge in [-0.25, -0.2) is 9.59 Å². The number of hydrogen-bond donors (Lipinski definition) is 2. The summed E-state index contributed by atoms with van der Waals surface area (Å²) in [6, 6.07) is 4.52. The molecule has 108 valence electrons. The first-order valence-electron chi connectivity index (χ1n) is 6.63. The van der Waals surface area contributed by atoms with Crippen molar-refractivity contribution in [3.8, 4) is 0 Å². The molecule has 2 amide bonds. The molecule has 20 heavy (non-hydrogen) atoms. The Labute approximate surface area is 122 Å². The highest BCUT2D eigenvalue weighted by Gasteiger charge is 2.27. The molecule has 2 N–H and O–H groups in total. The number of nitrogens with zero attached hydrogens (tertiary/aromatic N) is 1. The second kappa shape index (κ2) is 6.13. The summed E-state index contributed by atoms with van der Waals surface area (Å²) < 4.78 is 0. The van der Waals surface area contributed by atoms with Crippen LogP contribution in [0.2, 0.25) is 5.02 Å². The predicted molar refractivity (Wildman–Crippen MR) is 77.4 cm³/mol. The van der Waals surface area contributed by atoms with E-state index < -0.39 is 5.97 Å². The Morgan fingerprint density at radius 1 is 1.50 bits per heavy atom. The number of likely N-dealkylation sites (tertiary alicyclic amines) is 1. The van der Waals surface area contributed by atoms with E-state index >= 15 is 0 Å². The third kappa shape index (κ3) is 3.04. The van der Waals surface area contributed by atoms with E-state index in [4.69, 9.17) is 16.7 Å². The molecule has 1 aliphatic rings. The Kier molecular flexibility index (Phi) is 4.49. The minimum Gasteiger partial charge on any atom is -0.478 e. The molecule has 1 atom stereocenters. The SMILES string of the molecule is CCC1CCCN1C(=O)Nc1ccc(C(=O)O)c(Cl)c1. The van der Waals surface area contributed by atoms with Crippen molar-refractivity contribution in [1.29, 1.82) is 0 Å². The summed E-state index contributed by atoms with van der Waals surface area (Å²) in [5.74, 6) is -1.08. The van der Waals surface area contributed by atoms with E-state index in [2.05, 4.69) is 12.2 Å². The van der Waals surface area contributed by atoms with Crippen LogP contribution in [0.25, 0.3) is 0 Å². The zero-order valence-electron chi connectivity index (χ0n) is 11.2. The molecule has 0 aliphatic carbocycles. The van der Waals surface area contributed by atoms with Crippen LogP contribution in [0.15, 0.2) is 18.2 Å². The van der Waals surface area contributed by atoms with Crippen molar-refractivity contribution in [3.63, 3.8) is 0 Å². The summed E-state index contributed by atoms with van der Waals surface area (Å²) in [7, 11) is 0. The third-order valence-corrected chi connectivity index (χ3v) is 3.87. The van der Waals surface area contributed by atoms with E-state index in [1.807, 2.05) is 4.90 Å². The molecule has 6 heteroatoms. The molecule has 2 rings (SSSR count). The zero-order chi connectivity index (χ0) is 14.7. The molecule has 1 fully saturated rings. The number of hydrogen-bond acceptors (Lipinski definition) is 2. The number of amides is 2. The van der Waals surface area contributed by atoms with Gasteiger partial charge in [-0.15, -0.1) is 0 Å². The molecular weight excluding hydrogens is 280 g/mol. The van der Waals surface area contributed by atoms with Gasteiger partial charge >= 0.3 is 12.0 Å². The highest BCUT2D eigenvalue weighted by molar-refractivity contribution is 6.33. The maximum Gasteiger partial charge on any atom is 0.337 e. The van der Waals surface area contributed by atoms with Gasteiger partial charge in [-0.05, 0) is 37.5 Å². The normalized spacial score (nSPS) is 18.1. The molecule has 1 heterocycles. The second-order valence-corrected chi connectivity index (χ2v) is 5.23. The van der Waals surface area contributed by atoms with Gasteiger partial charge < -0.3 is 15.3 Å². The van der Waals surface area contributed by atoms with E-state index in [0.29, 0.717) is 5.69 Å². The number of carbonyl (C=O) groups excluding carboxylic acids is 1. The summed E-state index contributed by atoms with van der Waals surface area (Å²) in [5.41, 5.74) is 0.532. The molecule has 1 unspecified atom stereocenters. The summed E-state index contributed by atoms with van der Waals surface area (Å²) in [6.45, 7) is 2.82. The van der Waals surface area contributed by atoms with Crippen LogP contribution < -0.4 is 5.32 Å². The average molecular weight is 297 g/mol. The topological polar surface area (TPSA) is 69.6 Å². The van der Waals surface area contributed by atoms with Gasteiger partial charge in [0.05, 0.1) is 10.6 Å². The average Bonchev–Trinajstić information content (AvgIpc) is 2.86. The maximum absolute atomic E-state index is 12.2. The number of benzene rings is 1. The van der Waals surface area contributed by atoms with Crippen molar-refractivity contribution in [2.75, 3.05) is 11.9 Å². The minimum atomic E-state index is -1.08. The number of carboxylic acids is 1. The van der Waals surface area contributed by atoms with Crippen molar-refractivity contribution >= 4 is 29.3 Å².